The molecule has 1 atom stereocenters. The zero-order valence-corrected chi connectivity index (χ0v) is 11.4. The van der Waals surface area contributed by atoms with Gasteiger partial charge in [0.1, 0.15) is 0 Å². The minimum Gasteiger partial charge on any atom is -0.329 e. The molecule has 0 amide bonds. The van der Waals surface area contributed by atoms with Gasteiger partial charge < -0.3 is 11.1 Å². The average molecular weight is 234 g/mol. The van der Waals surface area contributed by atoms with E-state index < -0.39 is 0 Å². The molecule has 0 radical (unpaired) electrons. The molecule has 1 unspecified atom stereocenters. The van der Waals surface area contributed by atoms with E-state index in [4.69, 9.17) is 5.73 Å². The van der Waals surface area contributed by atoms with E-state index >= 15 is 0 Å². The lowest BCUT2D eigenvalue weighted by molar-refractivity contribution is 0.540. The Balaban J connectivity index is 2.64. The van der Waals surface area contributed by atoms with Gasteiger partial charge in [-0.15, -0.1) is 0 Å². The van der Waals surface area contributed by atoms with Crippen molar-refractivity contribution >= 4 is 0 Å². The van der Waals surface area contributed by atoms with Gasteiger partial charge in [0, 0.05) is 12.6 Å². The summed E-state index contributed by atoms with van der Waals surface area (Å²) < 4.78 is 0. The van der Waals surface area contributed by atoms with Crippen molar-refractivity contribution in [2.45, 2.75) is 39.7 Å². The lowest BCUT2D eigenvalue weighted by Crippen LogP contribution is -2.28. The van der Waals surface area contributed by atoms with Crippen molar-refractivity contribution in [2.24, 2.45) is 11.7 Å². The van der Waals surface area contributed by atoms with Crippen LogP contribution in [0.4, 0.5) is 0 Å². The van der Waals surface area contributed by atoms with Gasteiger partial charge in [0.25, 0.3) is 0 Å². The van der Waals surface area contributed by atoms with Gasteiger partial charge in [-0.25, -0.2) is 0 Å². The van der Waals surface area contributed by atoms with Gasteiger partial charge in [-0.2, -0.15) is 0 Å². The second kappa shape index (κ2) is 7.46. The Bertz CT molecular complexity index is 303. The molecule has 2 heteroatoms. The Labute approximate surface area is 106 Å². The lowest BCUT2D eigenvalue weighted by atomic mass is 9.99. The molecular formula is C15H26N2. The van der Waals surface area contributed by atoms with Crippen molar-refractivity contribution < 1.29 is 0 Å². The SMILES string of the molecule is CCCNC(CN)c1ccc(CC(C)C)cc1. The fourth-order valence-electron chi connectivity index (χ4n) is 2.01. The summed E-state index contributed by atoms with van der Waals surface area (Å²) >= 11 is 0. The first-order valence-electron chi connectivity index (χ1n) is 6.69. The van der Waals surface area contributed by atoms with Gasteiger partial charge >= 0.3 is 0 Å². The van der Waals surface area contributed by atoms with E-state index in [0.29, 0.717) is 18.5 Å². The molecule has 1 aromatic rings. The van der Waals surface area contributed by atoms with Crippen LogP contribution in [0.3, 0.4) is 0 Å². The first-order valence-corrected chi connectivity index (χ1v) is 6.69. The zero-order valence-electron chi connectivity index (χ0n) is 11.4. The maximum absolute atomic E-state index is 5.80. The van der Waals surface area contributed by atoms with Crippen LogP contribution < -0.4 is 11.1 Å². The molecule has 1 rings (SSSR count). The van der Waals surface area contributed by atoms with Crippen LogP contribution in [-0.4, -0.2) is 13.1 Å². The fraction of sp³-hybridized carbons (Fsp3) is 0.600. The molecule has 0 spiro atoms. The third kappa shape index (κ3) is 4.88. The molecule has 0 fully saturated rings. The topological polar surface area (TPSA) is 38.0 Å². The predicted molar refractivity (Wildman–Crippen MR) is 75.1 cm³/mol. The second-order valence-corrected chi connectivity index (χ2v) is 5.08. The van der Waals surface area contributed by atoms with E-state index in [9.17, 15) is 0 Å². The molecule has 0 saturated heterocycles. The van der Waals surface area contributed by atoms with Crippen molar-refractivity contribution in [1.29, 1.82) is 0 Å². The van der Waals surface area contributed by atoms with Gasteiger partial charge in [0.15, 0.2) is 0 Å². The third-order valence-electron chi connectivity index (χ3n) is 2.90. The van der Waals surface area contributed by atoms with Crippen LogP contribution in [0.25, 0.3) is 0 Å². The summed E-state index contributed by atoms with van der Waals surface area (Å²) in [5, 5.41) is 3.47. The maximum Gasteiger partial charge on any atom is 0.0444 e. The molecule has 0 aromatic heterocycles. The highest BCUT2D eigenvalue weighted by Crippen LogP contribution is 2.15. The van der Waals surface area contributed by atoms with E-state index in [1.54, 1.807) is 0 Å². The first-order chi connectivity index (χ1) is 8.17. The number of nitrogens with one attached hydrogen (secondary N) is 1. The lowest BCUT2D eigenvalue weighted by Gasteiger charge is -2.17. The van der Waals surface area contributed by atoms with Crippen LogP contribution in [0.2, 0.25) is 0 Å². The summed E-state index contributed by atoms with van der Waals surface area (Å²) in [7, 11) is 0. The summed E-state index contributed by atoms with van der Waals surface area (Å²) in [6.45, 7) is 8.35. The molecule has 0 aliphatic rings. The van der Waals surface area contributed by atoms with E-state index in [0.717, 1.165) is 19.4 Å². The Morgan fingerprint density at radius 3 is 2.29 bits per heavy atom. The largest absolute Gasteiger partial charge is 0.329 e. The fourth-order valence-corrected chi connectivity index (χ4v) is 2.01. The molecule has 0 aliphatic carbocycles. The molecule has 0 aliphatic heterocycles. The highest BCUT2D eigenvalue weighted by Gasteiger charge is 2.08. The van der Waals surface area contributed by atoms with Crippen molar-refractivity contribution in [3.05, 3.63) is 35.4 Å². The minimum atomic E-state index is 0.294. The van der Waals surface area contributed by atoms with Crippen molar-refractivity contribution in [3.8, 4) is 0 Å². The number of hydrogen-bond donors (Lipinski definition) is 2. The van der Waals surface area contributed by atoms with Crippen LogP contribution in [-0.2, 0) is 6.42 Å². The van der Waals surface area contributed by atoms with E-state index in [-0.39, 0.29) is 0 Å². The summed E-state index contributed by atoms with van der Waals surface area (Å²) in [5.41, 5.74) is 8.51. The third-order valence-corrected chi connectivity index (χ3v) is 2.90. The Kier molecular flexibility index (Phi) is 6.23. The van der Waals surface area contributed by atoms with Gasteiger partial charge in [-0.1, -0.05) is 45.0 Å². The van der Waals surface area contributed by atoms with Crippen molar-refractivity contribution in [1.82, 2.24) is 5.32 Å². The van der Waals surface area contributed by atoms with E-state index in [1.165, 1.54) is 11.1 Å². The molecule has 96 valence electrons. The highest BCUT2D eigenvalue weighted by molar-refractivity contribution is 5.25. The zero-order chi connectivity index (χ0) is 12.7. The van der Waals surface area contributed by atoms with Crippen LogP contribution >= 0.6 is 0 Å². The second-order valence-electron chi connectivity index (χ2n) is 5.08. The molecule has 1 aromatic carbocycles. The average Bonchev–Trinajstić information content (AvgIpc) is 2.31. The molecule has 3 N–H and O–H groups in total. The van der Waals surface area contributed by atoms with E-state index in [2.05, 4.69) is 50.4 Å². The summed E-state index contributed by atoms with van der Waals surface area (Å²) in [5.74, 6) is 0.712. The number of hydrogen-bond acceptors (Lipinski definition) is 2. The molecule has 17 heavy (non-hydrogen) atoms. The summed E-state index contributed by atoms with van der Waals surface area (Å²) in [6.07, 6.45) is 2.29. The van der Waals surface area contributed by atoms with Crippen molar-refractivity contribution in [2.75, 3.05) is 13.1 Å². The first kappa shape index (κ1) is 14.2. The van der Waals surface area contributed by atoms with Crippen LogP contribution in [0.1, 0.15) is 44.4 Å². The molecule has 0 heterocycles. The van der Waals surface area contributed by atoms with Crippen LogP contribution in [0.15, 0.2) is 24.3 Å². The number of rotatable bonds is 7. The molecule has 2 nitrogen and oxygen atoms in total. The molecule has 0 saturated carbocycles. The Hall–Kier alpha value is -0.860. The summed E-state index contributed by atoms with van der Waals surface area (Å²) in [6, 6.07) is 9.16. The number of benzene rings is 1. The standard InChI is InChI=1S/C15H26N2/c1-4-9-17-15(11-16)14-7-5-13(6-8-14)10-12(2)3/h5-8,12,15,17H,4,9-11,16H2,1-3H3. The molecule has 0 bridgehead atoms. The maximum atomic E-state index is 5.80. The van der Waals surface area contributed by atoms with Gasteiger partial charge in [-0.3, -0.25) is 0 Å². The van der Waals surface area contributed by atoms with Gasteiger partial charge in [0.05, 0.1) is 0 Å². The van der Waals surface area contributed by atoms with Gasteiger partial charge in [0.2, 0.25) is 0 Å². The highest BCUT2D eigenvalue weighted by atomic mass is 14.9. The molecular weight excluding hydrogens is 208 g/mol. The number of nitrogens with two attached hydrogens (primary N) is 1. The normalized spacial score (nSPS) is 13.0. The Morgan fingerprint density at radius 2 is 1.82 bits per heavy atom. The smallest absolute Gasteiger partial charge is 0.0444 e. The minimum absolute atomic E-state index is 0.294. The van der Waals surface area contributed by atoms with Gasteiger partial charge in [-0.05, 0) is 36.4 Å². The monoisotopic (exact) mass is 234 g/mol. The Morgan fingerprint density at radius 1 is 1.18 bits per heavy atom. The van der Waals surface area contributed by atoms with Crippen LogP contribution in [0.5, 0.6) is 0 Å². The quantitative estimate of drug-likeness (QED) is 0.761. The van der Waals surface area contributed by atoms with Crippen molar-refractivity contribution in [3.63, 3.8) is 0 Å². The predicted octanol–water partition coefficient (Wildman–Crippen LogP) is 2.88. The van der Waals surface area contributed by atoms with E-state index in [1.807, 2.05) is 0 Å². The van der Waals surface area contributed by atoms with Crippen LogP contribution in [0, 0.1) is 5.92 Å². The summed E-state index contributed by atoms with van der Waals surface area (Å²) in [4.78, 5) is 0.